The fraction of sp³-hybridized carbons (Fsp3) is 1.00. The minimum atomic E-state index is -3.68. The van der Waals surface area contributed by atoms with Gasteiger partial charge in [-0.2, -0.15) is 0 Å². The van der Waals surface area contributed by atoms with Crippen LogP contribution in [0.1, 0.15) is 34.6 Å². The summed E-state index contributed by atoms with van der Waals surface area (Å²) in [4.78, 5) is 0. The molecule has 0 aromatic carbocycles. The van der Waals surface area contributed by atoms with Crippen LogP contribution in [-0.2, 0) is 0 Å². The normalized spacial score (nSPS) is 14.2. The Balaban J connectivity index is 4.22. The van der Waals surface area contributed by atoms with Crippen molar-refractivity contribution in [2.45, 2.75) is 39.8 Å². The molecule has 0 N–H and O–H groups in total. The van der Waals surface area contributed by atoms with Crippen LogP contribution in [0.5, 0.6) is 0 Å². The zero-order valence-corrected chi connectivity index (χ0v) is 8.88. The summed E-state index contributed by atoms with van der Waals surface area (Å²) < 4.78 is 26.6. The Hall–Kier alpha value is 0.290. The molecule has 0 rings (SSSR count). The maximum Gasteiger partial charge on any atom is 0.392 e. The summed E-state index contributed by atoms with van der Waals surface area (Å²) >= 11 is 0. The smallest absolute Gasteiger partial charge is 0.0591 e. The van der Waals surface area contributed by atoms with E-state index in [0.717, 1.165) is 0 Å². The Morgan fingerprint density at radius 2 is 1.55 bits per heavy atom. The zero-order chi connectivity index (χ0) is 9.28. The van der Waals surface area contributed by atoms with E-state index < -0.39 is 13.0 Å². The van der Waals surface area contributed by atoms with Crippen LogP contribution in [0, 0.1) is 5.92 Å². The lowest BCUT2D eigenvalue weighted by Crippen LogP contribution is -2.18. The van der Waals surface area contributed by atoms with Gasteiger partial charge in [0.05, 0.1) is 0 Å². The van der Waals surface area contributed by atoms with Gasteiger partial charge in [-0.15, -0.1) is 0 Å². The standard InChI is InChI=1S/C8H18F2P/c1-7(2)6-11(9,10)8(3,4)5/h7H,6H2,1-5H3/q+1. The van der Waals surface area contributed by atoms with Crippen molar-refractivity contribution in [3.63, 3.8) is 0 Å². The van der Waals surface area contributed by atoms with Gasteiger partial charge in [-0.3, -0.25) is 0 Å². The van der Waals surface area contributed by atoms with Crippen molar-refractivity contribution in [1.29, 1.82) is 0 Å². The first-order valence-corrected chi connectivity index (χ1v) is 5.70. The summed E-state index contributed by atoms with van der Waals surface area (Å²) in [6.45, 7) is 8.58. The molecule has 0 spiro atoms. The zero-order valence-electron chi connectivity index (χ0n) is 7.99. The highest BCUT2D eigenvalue weighted by Crippen LogP contribution is 2.72. The molecule has 0 heterocycles. The fourth-order valence-corrected chi connectivity index (χ4v) is 2.20. The van der Waals surface area contributed by atoms with Crippen molar-refractivity contribution < 1.29 is 8.39 Å². The molecule has 0 bridgehead atoms. The first-order chi connectivity index (χ1) is 4.67. The molecule has 0 aliphatic heterocycles. The molecule has 0 saturated carbocycles. The summed E-state index contributed by atoms with van der Waals surface area (Å²) in [5.74, 6) is 0.109. The second-order valence-corrected chi connectivity index (χ2v) is 7.34. The highest BCUT2D eigenvalue weighted by atomic mass is 31.2. The second-order valence-electron chi connectivity index (χ2n) is 4.38. The highest BCUT2D eigenvalue weighted by molar-refractivity contribution is 7.67. The predicted molar refractivity (Wildman–Crippen MR) is 48.6 cm³/mol. The van der Waals surface area contributed by atoms with Gasteiger partial charge in [0.15, 0.2) is 0 Å². The molecule has 0 aromatic heterocycles. The molecule has 0 fully saturated rings. The Bertz CT molecular complexity index is 125. The number of halogens is 2. The summed E-state index contributed by atoms with van der Waals surface area (Å²) in [6, 6.07) is 0. The minimum Gasteiger partial charge on any atom is -0.0591 e. The van der Waals surface area contributed by atoms with Gasteiger partial charge in [-0.05, 0) is 35.1 Å². The Morgan fingerprint density at radius 3 is 1.64 bits per heavy atom. The SMILES string of the molecule is CC(C)C[P+](F)(F)C(C)(C)C. The van der Waals surface area contributed by atoms with Crippen LogP contribution < -0.4 is 0 Å². The topological polar surface area (TPSA) is 0 Å². The lowest BCUT2D eigenvalue weighted by molar-refractivity contribution is 0.569. The van der Waals surface area contributed by atoms with E-state index in [0.29, 0.717) is 0 Å². The van der Waals surface area contributed by atoms with Gasteiger partial charge in [0.25, 0.3) is 0 Å². The molecule has 3 heteroatoms. The summed E-state index contributed by atoms with van der Waals surface area (Å²) in [5.41, 5.74) is 0. The van der Waals surface area contributed by atoms with Crippen molar-refractivity contribution in [1.82, 2.24) is 0 Å². The summed E-state index contributed by atoms with van der Waals surface area (Å²) in [5, 5.41) is -0.794. The molecule has 0 atom stereocenters. The minimum absolute atomic E-state index is 0.0938. The molecule has 0 aliphatic carbocycles. The van der Waals surface area contributed by atoms with E-state index in [-0.39, 0.29) is 12.1 Å². The summed E-state index contributed by atoms with van der Waals surface area (Å²) in [6.07, 6.45) is 0.0938. The molecule has 0 aliphatic rings. The maximum atomic E-state index is 13.3. The van der Waals surface area contributed by atoms with Crippen LogP contribution in [-0.4, -0.2) is 11.3 Å². The van der Waals surface area contributed by atoms with E-state index in [1.807, 2.05) is 13.8 Å². The molecular weight excluding hydrogens is 165 g/mol. The molecule has 0 saturated heterocycles. The van der Waals surface area contributed by atoms with E-state index in [4.69, 9.17) is 0 Å². The maximum absolute atomic E-state index is 13.3. The lowest BCUT2D eigenvalue weighted by atomic mass is 10.2. The van der Waals surface area contributed by atoms with Gasteiger partial charge in [-0.25, -0.2) is 0 Å². The molecule has 0 unspecified atom stereocenters. The van der Waals surface area contributed by atoms with Gasteiger partial charge < -0.3 is 0 Å². The Morgan fingerprint density at radius 1 is 1.18 bits per heavy atom. The van der Waals surface area contributed by atoms with Gasteiger partial charge in [0, 0.05) is 0 Å². The van der Waals surface area contributed by atoms with E-state index in [1.165, 1.54) is 0 Å². The monoisotopic (exact) mass is 183 g/mol. The number of rotatable bonds is 2. The van der Waals surface area contributed by atoms with Gasteiger partial charge in [-0.1, -0.05) is 13.8 Å². The fourth-order valence-electron chi connectivity index (χ4n) is 0.732. The van der Waals surface area contributed by atoms with E-state index in [9.17, 15) is 8.39 Å². The van der Waals surface area contributed by atoms with Crippen molar-refractivity contribution in [3.8, 4) is 0 Å². The van der Waals surface area contributed by atoms with Gasteiger partial charge in [0.2, 0.25) is 0 Å². The molecular formula is C8H18F2P+. The average Bonchev–Trinajstić information content (AvgIpc) is 1.56. The first kappa shape index (κ1) is 11.3. The first-order valence-electron chi connectivity index (χ1n) is 3.94. The van der Waals surface area contributed by atoms with Crippen LogP contribution in [0.4, 0.5) is 8.39 Å². The van der Waals surface area contributed by atoms with Gasteiger partial charge in [0.1, 0.15) is 11.3 Å². The van der Waals surface area contributed by atoms with Crippen molar-refractivity contribution >= 4 is 7.88 Å². The van der Waals surface area contributed by atoms with Crippen LogP contribution in [0.25, 0.3) is 0 Å². The molecule has 11 heavy (non-hydrogen) atoms. The molecule has 0 radical (unpaired) electrons. The van der Waals surface area contributed by atoms with Crippen molar-refractivity contribution in [3.05, 3.63) is 0 Å². The van der Waals surface area contributed by atoms with E-state index in [1.54, 1.807) is 20.8 Å². The van der Waals surface area contributed by atoms with E-state index in [2.05, 4.69) is 0 Å². The third-order valence-corrected chi connectivity index (χ3v) is 4.73. The largest absolute Gasteiger partial charge is 0.392 e. The van der Waals surface area contributed by atoms with Crippen LogP contribution in [0.3, 0.4) is 0 Å². The van der Waals surface area contributed by atoms with Crippen LogP contribution in [0.2, 0.25) is 0 Å². The second kappa shape index (κ2) is 3.35. The third kappa shape index (κ3) is 3.46. The quantitative estimate of drug-likeness (QED) is 0.562. The summed E-state index contributed by atoms with van der Waals surface area (Å²) in [7, 11) is -3.68. The van der Waals surface area contributed by atoms with Crippen molar-refractivity contribution in [2.75, 3.05) is 6.16 Å². The van der Waals surface area contributed by atoms with Crippen LogP contribution in [0.15, 0.2) is 0 Å². The molecule has 68 valence electrons. The highest BCUT2D eigenvalue weighted by Gasteiger charge is 2.54. The molecule has 0 aromatic rings. The third-order valence-electron chi connectivity index (χ3n) is 1.58. The van der Waals surface area contributed by atoms with Gasteiger partial charge >= 0.3 is 7.88 Å². The predicted octanol–water partition coefficient (Wildman–Crippen LogP) is 4.23. The number of hydrogen-bond acceptors (Lipinski definition) is 0. The lowest BCUT2D eigenvalue weighted by Gasteiger charge is -2.20. The number of hydrogen-bond donors (Lipinski definition) is 0. The van der Waals surface area contributed by atoms with Crippen molar-refractivity contribution in [2.24, 2.45) is 5.92 Å². The Kier molecular flexibility index (Phi) is 3.43. The average molecular weight is 183 g/mol. The molecule has 0 amide bonds. The van der Waals surface area contributed by atoms with Crippen LogP contribution >= 0.6 is 7.88 Å². The Labute approximate surface area is 69.0 Å². The van der Waals surface area contributed by atoms with E-state index >= 15 is 0 Å². The molecule has 0 nitrogen and oxygen atoms in total.